The van der Waals surface area contributed by atoms with Crippen LogP contribution >= 0.6 is 0 Å². The van der Waals surface area contributed by atoms with Crippen LogP contribution in [0.4, 0.5) is 0 Å². The van der Waals surface area contributed by atoms with E-state index in [4.69, 9.17) is 0 Å². The summed E-state index contributed by atoms with van der Waals surface area (Å²) in [5, 5.41) is 2.35. The fourth-order valence-electron chi connectivity index (χ4n) is 1.86. The van der Waals surface area contributed by atoms with Crippen LogP contribution in [0.15, 0.2) is 42.5 Å². The van der Waals surface area contributed by atoms with Gasteiger partial charge in [0.05, 0.1) is 5.92 Å². The van der Waals surface area contributed by atoms with Crippen LogP contribution in [0, 0.1) is 0 Å². The summed E-state index contributed by atoms with van der Waals surface area (Å²) in [4.78, 5) is 11.7. The van der Waals surface area contributed by atoms with E-state index in [9.17, 15) is 4.79 Å². The van der Waals surface area contributed by atoms with E-state index in [1.807, 2.05) is 31.2 Å². The minimum Gasteiger partial charge on any atom is -0.291 e. The summed E-state index contributed by atoms with van der Waals surface area (Å²) in [5.41, 5.74) is 6.28. The first-order valence-corrected chi connectivity index (χ1v) is 5.67. The molecule has 0 aliphatic rings. The van der Waals surface area contributed by atoms with Gasteiger partial charge in [-0.3, -0.25) is 10.2 Å². The Balaban J connectivity index is 2.32. The predicted octanol–water partition coefficient (Wildman–Crippen LogP) is 2.19. The van der Waals surface area contributed by atoms with Crippen molar-refractivity contribution in [1.82, 2.24) is 10.9 Å². The van der Waals surface area contributed by atoms with Gasteiger partial charge in [0.25, 0.3) is 0 Å². The molecule has 0 saturated heterocycles. The Hall–Kier alpha value is -1.87. The van der Waals surface area contributed by atoms with E-state index in [1.165, 1.54) is 5.39 Å². The molecule has 0 spiro atoms. The van der Waals surface area contributed by atoms with Crippen molar-refractivity contribution in [2.45, 2.75) is 12.8 Å². The molecule has 0 saturated carbocycles. The van der Waals surface area contributed by atoms with Gasteiger partial charge in [0.15, 0.2) is 0 Å². The fraction of sp³-hybridized carbons (Fsp3) is 0.214. The maximum Gasteiger partial charge on any atom is 0.241 e. The molecule has 88 valence electrons. The van der Waals surface area contributed by atoms with Crippen LogP contribution in [0.2, 0.25) is 0 Å². The smallest absolute Gasteiger partial charge is 0.241 e. The Labute approximate surface area is 101 Å². The fourth-order valence-corrected chi connectivity index (χ4v) is 1.86. The number of nitrogens with one attached hydrogen (secondary N) is 2. The van der Waals surface area contributed by atoms with E-state index < -0.39 is 0 Å². The van der Waals surface area contributed by atoms with Gasteiger partial charge in [0.2, 0.25) is 5.91 Å². The quantitative estimate of drug-likeness (QED) is 0.791. The summed E-state index contributed by atoms with van der Waals surface area (Å²) >= 11 is 0. The lowest BCUT2D eigenvalue weighted by Crippen LogP contribution is -2.37. The average Bonchev–Trinajstić information content (AvgIpc) is 2.37. The molecule has 0 heterocycles. The third-order valence-electron chi connectivity index (χ3n) is 2.92. The van der Waals surface area contributed by atoms with Crippen molar-refractivity contribution in [3.63, 3.8) is 0 Å². The lowest BCUT2D eigenvalue weighted by Gasteiger charge is -2.12. The van der Waals surface area contributed by atoms with E-state index >= 15 is 0 Å². The SMILES string of the molecule is CNNC(=O)C(C)c1ccc2ccccc2c1. The molecular weight excluding hydrogens is 212 g/mol. The second-order valence-electron chi connectivity index (χ2n) is 4.07. The van der Waals surface area contributed by atoms with Crippen molar-refractivity contribution < 1.29 is 4.79 Å². The van der Waals surface area contributed by atoms with Gasteiger partial charge < -0.3 is 0 Å². The van der Waals surface area contributed by atoms with E-state index in [0.29, 0.717) is 0 Å². The highest BCUT2D eigenvalue weighted by atomic mass is 16.2. The first-order chi connectivity index (χ1) is 8.22. The van der Waals surface area contributed by atoms with Gasteiger partial charge in [0, 0.05) is 7.05 Å². The zero-order valence-corrected chi connectivity index (χ0v) is 10.0. The van der Waals surface area contributed by atoms with Crippen LogP contribution in [0.25, 0.3) is 10.8 Å². The first kappa shape index (κ1) is 11.6. The minimum absolute atomic E-state index is 0.0252. The molecule has 0 aliphatic carbocycles. The van der Waals surface area contributed by atoms with Crippen molar-refractivity contribution >= 4 is 16.7 Å². The van der Waals surface area contributed by atoms with Crippen molar-refractivity contribution in [2.24, 2.45) is 0 Å². The molecule has 3 nitrogen and oxygen atoms in total. The van der Waals surface area contributed by atoms with Gasteiger partial charge in [-0.15, -0.1) is 0 Å². The van der Waals surface area contributed by atoms with Crippen LogP contribution in [0.5, 0.6) is 0 Å². The predicted molar refractivity (Wildman–Crippen MR) is 69.6 cm³/mol. The number of fused-ring (bicyclic) bond motifs is 1. The Bertz CT molecular complexity index is 536. The van der Waals surface area contributed by atoms with Gasteiger partial charge in [-0.05, 0) is 23.3 Å². The molecule has 0 fully saturated rings. The summed E-state index contributed by atoms with van der Waals surface area (Å²) in [6.45, 7) is 1.90. The number of hydrazine groups is 1. The normalized spacial score (nSPS) is 12.4. The third-order valence-corrected chi connectivity index (χ3v) is 2.92. The Morgan fingerprint density at radius 1 is 1.12 bits per heavy atom. The highest BCUT2D eigenvalue weighted by Crippen LogP contribution is 2.21. The van der Waals surface area contributed by atoms with Crippen molar-refractivity contribution in [1.29, 1.82) is 0 Å². The summed E-state index contributed by atoms with van der Waals surface area (Å²) in [6.07, 6.45) is 0. The molecule has 0 bridgehead atoms. The molecule has 1 unspecified atom stereocenters. The Morgan fingerprint density at radius 3 is 2.53 bits per heavy atom. The number of benzene rings is 2. The molecule has 1 atom stereocenters. The lowest BCUT2D eigenvalue weighted by atomic mass is 9.97. The molecule has 2 N–H and O–H groups in total. The average molecular weight is 228 g/mol. The highest BCUT2D eigenvalue weighted by Gasteiger charge is 2.14. The maximum atomic E-state index is 11.7. The number of amides is 1. The monoisotopic (exact) mass is 228 g/mol. The van der Waals surface area contributed by atoms with E-state index in [0.717, 1.165) is 10.9 Å². The van der Waals surface area contributed by atoms with Gasteiger partial charge in [0.1, 0.15) is 0 Å². The van der Waals surface area contributed by atoms with E-state index in [2.05, 4.69) is 29.1 Å². The van der Waals surface area contributed by atoms with E-state index in [-0.39, 0.29) is 11.8 Å². The van der Waals surface area contributed by atoms with Gasteiger partial charge in [-0.25, -0.2) is 5.43 Å². The third kappa shape index (κ3) is 2.45. The molecule has 0 aliphatic heterocycles. The molecule has 2 aromatic rings. The summed E-state index contributed by atoms with van der Waals surface area (Å²) in [6, 6.07) is 14.3. The molecule has 3 heteroatoms. The van der Waals surface area contributed by atoms with Crippen LogP contribution in [-0.4, -0.2) is 13.0 Å². The number of rotatable bonds is 3. The topological polar surface area (TPSA) is 41.1 Å². The van der Waals surface area contributed by atoms with Crippen LogP contribution in [0.3, 0.4) is 0 Å². The lowest BCUT2D eigenvalue weighted by molar-refractivity contribution is -0.123. The van der Waals surface area contributed by atoms with Crippen molar-refractivity contribution in [3.05, 3.63) is 48.0 Å². The van der Waals surface area contributed by atoms with Gasteiger partial charge in [-0.1, -0.05) is 42.5 Å². The summed E-state index contributed by atoms with van der Waals surface area (Å²) in [5.74, 6) is -0.185. The summed E-state index contributed by atoms with van der Waals surface area (Å²) < 4.78 is 0. The molecule has 2 rings (SSSR count). The first-order valence-electron chi connectivity index (χ1n) is 5.67. The number of carbonyl (C=O) groups is 1. The van der Waals surface area contributed by atoms with E-state index in [1.54, 1.807) is 7.05 Å². The van der Waals surface area contributed by atoms with Crippen molar-refractivity contribution in [2.75, 3.05) is 7.05 Å². The molecule has 0 aromatic heterocycles. The number of carbonyl (C=O) groups excluding carboxylic acids is 1. The molecule has 17 heavy (non-hydrogen) atoms. The van der Waals surface area contributed by atoms with Crippen molar-refractivity contribution in [3.8, 4) is 0 Å². The number of hydrogen-bond acceptors (Lipinski definition) is 2. The highest BCUT2D eigenvalue weighted by molar-refractivity contribution is 5.87. The largest absolute Gasteiger partial charge is 0.291 e. The van der Waals surface area contributed by atoms with Crippen LogP contribution in [0.1, 0.15) is 18.4 Å². The summed E-state index contributed by atoms with van der Waals surface area (Å²) in [7, 11) is 1.69. The molecule has 2 aromatic carbocycles. The van der Waals surface area contributed by atoms with Crippen LogP contribution < -0.4 is 10.9 Å². The molecular formula is C14H16N2O. The van der Waals surface area contributed by atoms with Gasteiger partial charge in [-0.2, -0.15) is 0 Å². The standard InChI is InChI=1S/C14H16N2O/c1-10(14(17)16-15-2)12-8-7-11-5-3-4-6-13(11)9-12/h3-10,15H,1-2H3,(H,16,17). The zero-order valence-electron chi connectivity index (χ0n) is 10.0. The Morgan fingerprint density at radius 2 is 1.82 bits per heavy atom. The van der Waals surface area contributed by atoms with Gasteiger partial charge >= 0.3 is 0 Å². The Kier molecular flexibility index (Phi) is 3.40. The maximum absolute atomic E-state index is 11.7. The zero-order chi connectivity index (χ0) is 12.3. The molecule has 1 amide bonds. The second-order valence-corrected chi connectivity index (χ2v) is 4.07. The van der Waals surface area contributed by atoms with Crippen LogP contribution in [-0.2, 0) is 4.79 Å². The minimum atomic E-state index is -0.160. The number of hydrogen-bond donors (Lipinski definition) is 2. The second kappa shape index (κ2) is 4.97. The molecule has 0 radical (unpaired) electrons.